The van der Waals surface area contributed by atoms with E-state index in [-0.39, 0.29) is 23.8 Å². The topological polar surface area (TPSA) is 131 Å². The average Bonchev–Trinajstić information content (AvgIpc) is 3.39. The second kappa shape index (κ2) is 10.7. The number of hydrogen-bond donors (Lipinski definition) is 2. The Hall–Kier alpha value is -4.40. The summed E-state index contributed by atoms with van der Waals surface area (Å²) >= 11 is 0. The minimum Gasteiger partial charge on any atom is -0.417 e. The van der Waals surface area contributed by atoms with Crippen molar-refractivity contribution in [3.63, 3.8) is 0 Å². The molecule has 0 bridgehead atoms. The van der Waals surface area contributed by atoms with Crippen molar-refractivity contribution in [2.24, 2.45) is 5.92 Å². The zero-order valence-corrected chi connectivity index (χ0v) is 21.2. The molecule has 0 radical (unpaired) electrons. The van der Waals surface area contributed by atoms with Crippen LogP contribution < -0.4 is 10.9 Å². The molecule has 0 unspecified atom stereocenters. The van der Waals surface area contributed by atoms with Crippen molar-refractivity contribution in [3.05, 3.63) is 100 Å². The van der Waals surface area contributed by atoms with E-state index in [4.69, 9.17) is 4.42 Å². The van der Waals surface area contributed by atoms with Gasteiger partial charge < -0.3 is 14.7 Å². The quantitative estimate of drug-likeness (QED) is 0.336. The molecule has 2 N–H and O–H groups in total. The fourth-order valence-electron chi connectivity index (χ4n) is 3.94. The van der Waals surface area contributed by atoms with Gasteiger partial charge in [0.15, 0.2) is 0 Å². The fraction of sp³-hybridized carbons (Fsp3) is 0.286. The predicted molar refractivity (Wildman–Crippen MR) is 138 cm³/mol. The van der Waals surface area contributed by atoms with Gasteiger partial charge in [0.2, 0.25) is 17.6 Å². The molecular weight excluding hydrogens is 470 g/mol. The van der Waals surface area contributed by atoms with E-state index in [2.05, 4.69) is 25.5 Å². The van der Waals surface area contributed by atoms with Crippen LogP contribution in [0, 0.1) is 5.92 Å². The van der Waals surface area contributed by atoms with E-state index in [1.54, 1.807) is 0 Å². The largest absolute Gasteiger partial charge is 0.417 e. The summed E-state index contributed by atoms with van der Waals surface area (Å²) in [6.45, 7) is 7.49. The second-order valence-corrected chi connectivity index (χ2v) is 9.68. The van der Waals surface area contributed by atoms with Crippen molar-refractivity contribution in [2.75, 3.05) is 0 Å². The molecule has 0 fully saturated rings. The molecule has 0 aliphatic rings. The zero-order valence-electron chi connectivity index (χ0n) is 21.2. The van der Waals surface area contributed by atoms with Gasteiger partial charge in [0.1, 0.15) is 5.82 Å². The third-order valence-electron chi connectivity index (χ3n) is 6.12. The summed E-state index contributed by atoms with van der Waals surface area (Å²) < 4.78 is 5.80. The summed E-state index contributed by atoms with van der Waals surface area (Å²) in [5, 5.41) is 10.9. The summed E-state index contributed by atoms with van der Waals surface area (Å²) in [5.74, 6) is -0.674. The van der Waals surface area contributed by atoms with E-state index in [1.165, 1.54) is 6.07 Å². The van der Waals surface area contributed by atoms with Crippen molar-refractivity contribution < 1.29 is 14.0 Å². The number of ketones is 1. The second-order valence-electron chi connectivity index (χ2n) is 9.68. The van der Waals surface area contributed by atoms with Gasteiger partial charge in [-0.15, -0.1) is 10.2 Å². The Kier molecular flexibility index (Phi) is 7.42. The Morgan fingerprint density at radius 1 is 1.00 bits per heavy atom. The molecule has 2 aromatic heterocycles. The van der Waals surface area contributed by atoms with Crippen molar-refractivity contribution in [1.29, 1.82) is 0 Å². The van der Waals surface area contributed by atoms with Crippen molar-refractivity contribution in [1.82, 2.24) is 25.5 Å². The molecule has 2 heterocycles. The molecular formula is C28H29N5O4. The molecule has 37 heavy (non-hydrogen) atoms. The average molecular weight is 500 g/mol. The highest BCUT2D eigenvalue weighted by Crippen LogP contribution is 2.30. The number of aromatic nitrogens is 4. The van der Waals surface area contributed by atoms with E-state index in [1.807, 2.05) is 88.4 Å². The van der Waals surface area contributed by atoms with Crippen molar-refractivity contribution in [2.45, 2.75) is 45.6 Å². The number of aromatic amines is 1. The van der Waals surface area contributed by atoms with Gasteiger partial charge in [0.05, 0.1) is 23.6 Å². The minimum atomic E-state index is -0.892. The zero-order chi connectivity index (χ0) is 26.6. The Morgan fingerprint density at radius 3 is 2.30 bits per heavy atom. The van der Waals surface area contributed by atoms with Crippen LogP contribution in [0.5, 0.6) is 0 Å². The maximum absolute atomic E-state index is 13.3. The van der Waals surface area contributed by atoms with Gasteiger partial charge in [0, 0.05) is 11.6 Å². The summed E-state index contributed by atoms with van der Waals surface area (Å²) in [5.41, 5.74) is 1.01. The normalized spacial score (nSPS) is 12.4. The molecule has 0 saturated carbocycles. The first-order chi connectivity index (χ1) is 17.6. The first-order valence-corrected chi connectivity index (χ1v) is 12.0. The van der Waals surface area contributed by atoms with Gasteiger partial charge in [-0.1, -0.05) is 74.5 Å². The van der Waals surface area contributed by atoms with E-state index in [0.717, 1.165) is 11.1 Å². The predicted octanol–water partition coefficient (Wildman–Crippen LogP) is 3.71. The van der Waals surface area contributed by atoms with Gasteiger partial charge in [-0.3, -0.25) is 14.4 Å². The van der Waals surface area contributed by atoms with E-state index >= 15 is 0 Å². The lowest BCUT2D eigenvalue weighted by Gasteiger charge is -2.21. The molecule has 1 amide bonds. The van der Waals surface area contributed by atoms with Crippen molar-refractivity contribution in [3.8, 4) is 11.4 Å². The number of Topliss-reactive ketones (excluding diaryl/α,β-unsaturated/α-hetero) is 1. The number of nitrogens with one attached hydrogen (secondary N) is 2. The first kappa shape index (κ1) is 25.7. The van der Waals surface area contributed by atoms with Crippen molar-refractivity contribution >= 4 is 11.7 Å². The highest BCUT2D eigenvalue weighted by molar-refractivity contribution is 5.98. The lowest BCUT2D eigenvalue weighted by Crippen LogP contribution is -2.45. The van der Waals surface area contributed by atoms with E-state index < -0.39 is 23.1 Å². The number of amides is 1. The highest BCUT2D eigenvalue weighted by atomic mass is 16.4. The number of nitrogens with zero attached hydrogens (tertiary/aromatic N) is 3. The number of benzene rings is 2. The number of carbonyl (C=O) groups excluding carboxylic acids is 2. The van der Waals surface area contributed by atoms with Crippen LogP contribution in [-0.2, 0) is 16.6 Å². The first-order valence-electron chi connectivity index (χ1n) is 12.0. The maximum Gasteiger partial charge on any atom is 0.286 e. The standard InChI is InChI=1S/C28H29N5O4/c1-17(2)23(24(36)26-32-33-27(37-26)28(3,4)19-13-9-6-10-14-19)30-21(34)15-20-16-22(35)31-25(29-20)18-11-7-5-8-12-18/h5-14,16-17,23H,15H2,1-4H3,(H,30,34)(H,29,31,35)/t23-/m1/s1. The molecule has 0 spiro atoms. The summed E-state index contributed by atoms with van der Waals surface area (Å²) in [6.07, 6.45) is -0.170. The number of carbonyl (C=O) groups is 2. The van der Waals surface area contributed by atoms with Crippen LogP contribution in [0.2, 0.25) is 0 Å². The number of hydrogen-bond acceptors (Lipinski definition) is 7. The van der Waals surface area contributed by atoms with Crippen LogP contribution >= 0.6 is 0 Å². The third kappa shape index (κ3) is 5.88. The summed E-state index contributed by atoms with van der Waals surface area (Å²) in [6, 6.07) is 19.2. The Bertz CT molecular complexity index is 1440. The molecule has 1 atom stereocenters. The molecule has 0 aliphatic carbocycles. The molecule has 0 saturated heterocycles. The Balaban J connectivity index is 1.50. The van der Waals surface area contributed by atoms with E-state index in [9.17, 15) is 14.4 Å². The highest BCUT2D eigenvalue weighted by Gasteiger charge is 2.34. The number of rotatable bonds is 9. The molecule has 4 rings (SSSR count). The van der Waals surface area contributed by atoms with Crippen LogP contribution in [0.1, 0.15) is 55.5 Å². The molecule has 2 aromatic carbocycles. The van der Waals surface area contributed by atoms with Gasteiger partial charge in [-0.25, -0.2) is 4.98 Å². The van der Waals surface area contributed by atoms with Crippen LogP contribution in [0.4, 0.5) is 0 Å². The van der Waals surface area contributed by atoms with Gasteiger partial charge >= 0.3 is 0 Å². The Labute approximate surface area is 214 Å². The monoisotopic (exact) mass is 499 g/mol. The van der Waals surface area contributed by atoms with Gasteiger partial charge in [-0.05, 0) is 25.3 Å². The minimum absolute atomic E-state index is 0.168. The lowest BCUT2D eigenvalue weighted by molar-refractivity contribution is -0.121. The fourth-order valence-corrected chi connectivity index (χ4v) is 3.94. The molecule has 190 valence electrons. The maximum atomic E-state index is 13.3. The van der Waals surface area contributed by atoms with Crippen LogP contribution in [0.15, 0.2) is 75.9 Å². The molecule has 0 aliphatic heterocycles. The molecule has 9 nitrogen and oxygen atoms in total. The number of H-pyrrole nitrogens is 1. The molecule has 4 aromatic rings. The van der Waals surface area contributed by atoms with Gasteiger partial charge in [0.25, 0.3) is 11.4 Å². The lowest BCUT2D eigenvalue weighted by atomic mass is 9.85. The van der Waals surface area contributed by atoms with Crippen LogP contribution in [0.3, 0.4) is 0 Å². The SMILES string of the molecule is CC(C)[C@@H](NC(=O)Cc1cc(=O)[nH]c(-c2ccccc2)n1)C(=O)c1nnc(C(C)(C)c2ccccc2)o1. The van der Waals surface area contributed by atoms with E-state index in [0.29, 0.717) is 17.4 Å². The van der Waals surface area contributed by atoms with Gasteiger partial charge in [-0.2, -0.15) is 0 Å². The third-order valence-corrected chi connectivity index (χ3v) is 6.12. The summed E-state index contributed by atoms with van der Waals surface area (Å²) in [7, 11) is 0. The Morgan fingerprint density at radius 2 is 1.65 bits per heavy atom. The van der Waals surface area contributed by atoms with Crippen LogP contribution in [-0.4, -0.2) is 37.9 Å². The smallest absolute Gasteiger partial charge is 0.286 e. The van der Waals surface area contributed by atoms with Crippen LogP contribution in [0.25, 0.3) is 11.4 Å². The molecule has 9 heteroatoms. The summed E-state index contributed by atoms with van der Waals surface area (Å²) in [4.78, 5) is 45.4.